The Morgan fingerprint density at radius 1 is 1.15 bits per heavy atom. The predicted molar refractivity (Wildman–Crippen MR) is 88.6 cm³/mol. The zero-order chi connectivity index (χ0) is 19.5. The maximum atomic E-state index is 12.8. The van der Waals surface area contributed by atoms with Crippen LogP contribution in [0.3, 0.4) is 0 Å². The van der Waals surface area contributed by atoms with E-state index in [0.717, 1.165) is 18.2 Å². The molecule has 1 N–H and O–H groups in total. The van der Waals surface area contributed by atoms with Crippen LogP contribution in [0, 0.1) is 0 Å². The Bertz CT molecular complexity index is 981. The van der Waals surface area contributed by atoms with Gasteiger partial charge in [-0.1, -0.05) is 19.1 Å². The quantitative estimate of drug-likeness (QED) is 0.854. The fraction of sp³-hybridized carbons (Fsp3) is 0.250. The average molecular weight is 388 g/mol. The third-order valence-corrected chi connectivity index (χ3v) is 4.98. The van der Waals surface area contributed by atoms with Crippen LogP contribution in [-0.4, -0.2) is 24.4 Å². The number of anilines is 1. The van der Waals surface area contributed by atoms with Crippen molar-refractivity contribution < 1.29 is 26.4 Å². The van der Waals surface area contributed by atoms with Crippen LogP contribution in [0.4, 0.5) is 18.9 Å². The SMILES string of the molecule is CCCn1cc(NC(=O)c2ccccc2S(=O)(=O)C(F)(F)F)ccc1=O. The molecule has 0 saturated carbocycles. The number of halogens is 3. The highest BCUT2D eigenvalue weighted by molar-refractivity contribution is 7.92. The van der Waals surface area contributed by atoms with Crippen molar-refractivity contribution in [1.29, 1.82) is 0 Å². The highest BCUT2D eigenvalue weighted by Crippen LogP contribution is 2.32. The number of hydrogen-bond acceptors (Lipinski definition) is 4. The molecule has 0 atom stereocenters. The van der Waals surface area contributed by atoms with Gasteiger partial charge in [0.1, 0.15) is 0 Å². The topological polar surface area (TPSA) is 85.2 Å². The molecule has 6 nitrogen and oxygen atoms in total. The molecule has 2 rings (SSSR count). The Morgan fingerprint density at radius 3 is 2.42 bits per heavy atom. The summed E-state index contributed by atoms with van der Waals surface area (Å²) in [5.41, 5.74) is -6.32. The molecule has 2 aromatic rings. The van der Waals surface area contributed by atoms with Gasteiger partial charge in [0.15, 0.2) is 0 Å². The van der Waals surface area contributed by atoms with Crippen molar-refractivity contribution >= 4 is 21.4 Å². The molecule has 1 heterocycles. The van der Waals surface area contributed by atoms with Gasteiger partial charge in [0.2, 0.25) is 0 Å². The second kappa shape index (κ2) is 7.32. The smallest absolute Gasteiger partial charge is 0.321 e. The van der Waals surface area contributed by atoms with Gasteiger partial charge < -0.3 is 9.88 Å². The van der Waals surface area contributed by atoms with Gasteiger partial charge in [-0.3, -0.25) is 9.59 Å². The first kappa shape index (κ1) is 19.7. The van der Waals surface area contributed by atoms with Gasteiger partial charge in [-0.05, 0) is 24.6 Å². The number of carbonyl (C=O) groups excluding carboxylic acids is 1. The molecule has 10 heteroatoms. The summed E-state index contributed by atoms with van der Waals surface area (Å²) >= 11 is 0. The van der Waals surface area contributed by atoms with Crippen LogP contribution in [0.2, 0.25) is 0 Å². The molecular weight excluding hydrogens is 373 g/mol. The maximum Gasteiger partial charge on any atom is 0.501 e. The van der Waals surface area contributed by atoms with Crippen molar-refractivity contribution in [3.05, 3.63) is 58.5 Å². The summed E-state index contributed by atoms with van der Waals surface area (Å²) in [6.07, 6.45) is 1.99. The zero-order valence-electron chi connectivity index (χ0n) is 13.6. The number of aryl methyl sites for hydroxylation is 1. The highest BCUT2D eigenvalue weighted by Gasteiger charge is 2.48. The third-order valence-electron chi connectivity index (χ3n) is 3.43. The van der Waals surface area contributed by atoms with Crippen LogP contribution >= 0.6 is 0 Å². The lowest BCUT2D eigenvalue weighted by molar-refractivity contribution is -0.0436. The number of nitrogens with zero attached hydrogens (tertiary/aromatic N) is 1. The Balaban J connectivity index is 2.41. The van der Waals surface area contributed by atoms with E-state index in [1.54, 1.807) is 0 Å². The zero-order valence-corrected chi connectivity index (χ0v) is 14.4. The lowest BCUT2D eigenvalue weighted by atomic mass is 10.2. The van der Waals surface area contributed by atoms with Crippen LogP contribution in [0.15, 0.2) is 52.3 Å². The number of pyridine rings is 1. The fourth-order valence-electron chi connectivity index (χ4n) is 2.23. The molecule has 1 aromatic carbocycles. The number of amides is 1. The molecule has 0 aliphatic rings. The molecule has 0 bridgehead atoms. The summed E-state index contributed by atoms with van der Waals surface area (Å²) in [5, 5.41) is 2.32. The predicted octanol–water partition coefficient (Wildman–Crippen LogP) is 2.80. The summed E-state index contributed by atoms with van der Waals surface area (Å²) in [5.74, 6) is -1.03. The number of rotatable bonds is 5. The number of sulfone groups is 1. The van der Waals surface area contributed by atoms with Crippen molar-refractivity contribution in [1.82, 2.24) is 4.57 Å². The Hall–Kier alpha value is -2.62. The Labute approximate surface area is 147 Å². The number of alkyl halides is 3. The monoisotopic (exact) mass is 388 g/mol. The van der Waals surface area contributed by atoms with E-state index in [9.17, 15) is 31.2 Å². The minimum atomic E-state index is -5.68. The lowest BCUT2D eigenvalue weighted by Gasteiger charge is -2.13. The van der Waals surface area contributed by atoms with E-state index in [4.69, 9.17) is 0 Å². The minimum absolute atomic E-state index is 0.155. The number of carbonyl (C=O) groups is 1. The van der Waals surface area contributed by atoms with Gasteiger partial charge in [0.05, 0.1) is 16.1 Å². The summed E-state index contributed by atoms with van der Waals surface area (Å²) in [4.78, 5) is 22.9. The normalized spacial score (nSPS) is 12.0. The first-order chi connectivity index (χ1) is 12.1. The van der Waals surface area contributed by atoms with Crippen LogP contribution in [0.5, 0.6) is 0 Å². The molecule has 0 aliphatic carbocycles. The Morgan fingerprint density at radius 2 is 1.81 bits per heavy atom. The largest absolute Gasteiger partial charge is 0.501 e. The van der Waals surface area contributed by atoms with Crippen molar-refractivity contribution in [2.75, 3.05) is 5.32 Å². The van der Waals surface area contributed by atoms with Crippen molar-refractivity contribution in [2.24, 2.45) is 0 Å². The number of aromatic nitrogens is 1. The van der Waals surface area contributed by atoms with Crippen molar-refractivity contribution in [2.45, 2.75) is 30.3 Å². The van der Waals surface area contributed by atoms with E-state index >= 15 is 0 Å². The van der Waals surface area contributed by atoms with E-state index in [1.807, 2.05) is 6.92 Å². The van der Waals surface area contributed by atoms with E-state index in [0.29, 0.717) is 13.0 Å². The van der Waals surface area contributed by atoms with Crippen LogP contribution in [0.25, 0.3) is 0 Å². The summed E-state index contributed by atoms with van der Waals surface area (Å²) in [6.45, 7) is 2.23. The number of benzene rings is 1. The minimum Gasteiger partial charge on any atom is -0.321 e. The third kappa shape index (κ3) is 3.96. The fourth-order valence-corrected chi connectivity index (χ4v) is 3.19. The molecule has 0 fully saturated rings. The van der Waals surface area contributed by atoms with Crippen molar-refractivity contribution in [3.63, 3.8) is 0 Å². The van der Waals surface area contributed by atoms with Gasteiger partial charge in [0.25, 0.3) is 21.3 Å². The standard InChI is InChI=1S/C16H15F3N2O4S/c1-2-9-21-10-11(7-8-14(21)22)20-15(23)12-5-3-4-6-13(12)26(24,25)16(17,18)19/h3-8,10H,2,9H2,1H3,(H,20,23). The van der Waals surface area contributed by atoms with Gasteiger partial charge in [0, 0.05) is 18.8 Å². The van der Waals surface area contributed by atoms with Gasteiger partial charge >= 0.3 is 5.51 Å². The lowest BCUT2D eigenvalue weighted by Crippen LogP contribution is -2.26. The molecule has 140 valence electrons. The molecule has 0 saturated heterocycles. The first-order valence-corrected chi connectivity index (χ1v) is 8.98. The van der Waals surface area contributed by atoms with E-state index < -0.39 is 31.7 Å². The maximum absolute atomic E-state index is 12.8. The number of nitrogens with one attached hydrogen (secondary N) is 1. The van der Waals surface area contributed by atoms with Gasteiger partial charge in [-0.15, -0.1) is 0 Å². The van der Waals surface area contributed by atoms with Crippen LogP contribution in [-0.2, 0) is 16.4 Å². The molecular formula is C16H15F3N2O4S. The summed E-state index contributed by atoms with van der Waals surface area (Å²) < 4.78 is 63.1. The molecule has 0 spiro atoms. The first-order valence-electron chi connectivity index (χ1n) is 7.50. The van der Waals surface area contributed by atoms with Gasteiger partial charge in [-0.2, -0.15) is 13.2 Å². The molecule has 0 radical (unpaired) electrons. The van der Waals surface area contributed by atoms with E-state index in [1.165, 1.54) is 29.0 Å². The van der Waals surface area contributed by atoms with E-state index in [-0.39, 0.29) is 11.2 Å². The average Bonchev–Trinajstić information content (AvgIpc) is 2.57. The summed E-state index contributed by atoms with van der Waals surface area (Å²) in [7, 11) is -5.68. The summed E-state index contributed by atoms with van der Waals surface area (Å²) in [6, 6.07) is 6.53. The Kier molecular flexibility index (Phi) is 5.55. The molecule has 26 heavy (non-hydrogen) atoms. The number of hydrogen-bond donors (Lipinski definition) is 1. The second-order valence-corrected chi connectivity index (χ2v) is 7.26. The van der Waals surface area contributed by atoms with Crippen molar-refractivity contribution in [3.8, 4) is 0 Å². The molecule has 1 aromatic heterocycles. The van der Waals surface area contributed by atoms with E-state index in [2.05, 4.69) is 5.32 Å². The van der Waals surface area contributed by atoms with Crippen LogP contribution in [0.1, 0.15) is 23.7 Å². The molecule has 1 amide bonds. The van der Waals surface area contributed by atoms with Crippen LogP contribution < -0.4 is 10.9 Å². The molecule has 0 aliphatic heterocycles. The van der Waals surface area contributed by atoms with Gasteiger partial charge in [-0.25, -0.2) is 8.42 Å². The molecule has 0 unspecified atom stereocenters. The highest BCUT2D eigenvalue weighted by atomic mass is 32.2. The second-order valence-electron chi connectivity index (χ2n) is 5.35.